The Labute approximate surface area is 63.8 Å². The van der Waals surface area contributed by atoms with Crippen molar-refractivity contribution in [1.82, 2.24) is 4.98 Å². The standard InChI is InChI=1S/C7H7ClFN/c8-2-1-6-3-7(9)5-10-4-6/h3-5H,1-2H2. The highest BCUT2D eigenvalue weighted by atomic mass is 35.5. The molecule has 0 spiro atoms. The molecule has 0 radical (unpaired) electrons. The summed E-state index contributed by atoms with van der Waals surface area (Å²) >= 11 is 5.44. The van der Waals surface area contributed by atoms with E-state index in [9.17, 15) is 4.39 Å². The van der Waals surface area contributed by atoms with Crippen molar-refractivity contribution >= 4 is 11.6 Å². The number of aromatic nitrogens is 1. The molecule has 10 heavy (non-hydrogen) atoms. The van der Waals surface area contributed by atoms with Crippen molar-refractivity contribution in [1.29, 1.82) is 0 Å². The highest BCUT2D eigenvalue weighted by Gasteiger charge is 1.93. The van der Waals surface area contributed by atoms with Crippen LogP contribution in [0.25, 0.3) is 0 Å². The van der Waals surface area contributed by atoms with E-state index < -0.39 is 0 Å². The van der Waals surface area contributed by atoms with Crippen molar-refractivity contribution in [2.45, 2.75) is 6.42 Å². The van der Waals surface area contributed by atoms with Crippen LogP contribution in [0, 0.1) is 5.82 Å². The second-order valence-electron chi connectivity index (χ2n) is 1.95. The van der Waals surface area contributed by atoms with Crippen molar-refractivity contribution < 1.29 is 4.39 Å². The number of halogens is 2. The fourth-order valence-corrected chi connectivity index (χ4v) is 0.920. The highest BCUT2D eigenvalue weighted by molar-refractivity contribution is 6.17. The van der Waals surface area contributed by atoms with E-state index in [0.29, 0.717) is 12.3 Å². The molecular weight excluding hydrogens is 153 g/mol. The Morgan fingerprint density at radius 2 is 2.30 bits per heavy atom. The van der Waals surface area contributed by atoms with Crippen LogP contribution >= 0.6 is 11.6 Å². The van der Waals surface area contributed by atoms with Crippen LogP contribution in [-0.2, 0) is 6.42 Å². The van der Waals surface area contributed by atoms with Gasteiger partial charge in [-0.05, 0) is 18.1 Å². The summed E-state index contributed by atoms with van der Waals surface area (Å²) in [4.78, 5) is 3.67. The molecule has 1 heterocycles. The molecule has 0 unspecified atom stereocenters. The lowest BCUT2D eigenvalue weighted by molar-refractivity contribution is 0.619. The van der Waals surface area contributed by atoms with Crippen LogP contribution in [0.5, 0.6) is 0 Å². The molecule has 0 fully saturated rings. The van der Waals surface area contributed by atoms with E-state index in [4.69, 9.17) is 11.6 Å². The quantitative estimate of drug-likeness (QED) is 0.602. The van der Waals surface area contributed by atoms with Crippen molar-refractivity contribution in [3.63, 3.8) is 0 Å². The second-order valence-corrected chi connectivity index (χ2v) is 2.33. The van der Waals surface area contributed by atoms with Gasteiger partial charge >= 0.3 is 0 Å². The molecule has 0 atom stereocenters. The molecule has 0 aliphatic carbocycles. The molecular formula is C7H7ClFN. The zero-order valence-electron chi connectivity index (χ0n) is 5.35. The van der Waals surface area contributed by atoms with E-state index in [0.717, 1.165) is 5.56 Å². The maximum absolute atomic E-state index is 12.4. The summed E-state index contributed by atoms with van der Waals surface area (Å²) in [7, 11) is 0. The van der Waals surface area contributed by atoms with Gasteiger partial charge in [-0.2, -0.15) is 0 Å². The molecule has 0 bridgehead atoms. The molecule has 0 saturated carbocycles. The summed E-state index contributed by atoms with van der Waals surface area (Å²) < 4.78 is 12.4. The number of pyridine rings is 1. The van der Waals surface area contributed by atoms with Gasteiger partial charge in [-0.25, -0.2) is 4.39 Å². The minimum absolute atomic E-state index is 0.303. The van der Waals surface area contributed by atoms with Crippen LogP contribution in [0.4, 0.5) is 4.39 Å². The van der Waals surface area contributed by atoms with Crippen molar-refractivity contribution in [2.24, 2.45) is 0 Å². The second kappa shape index (κ2) is 3.52. The van der Waals surface area contributed by atoms with E-state index >= 15 is 0 Å². The molecule has 0 aliphatic heterocycles. The van der Waals surface area contributed by atoms with Gasteiger partial charge in [0.25, 0.3) is 0 Å². The Morgan fingerprint density at radius 1 is 1.50 bits per heavy atom. The lowest BCUT2D eigenvalue weighted by Gasteiger charge is -1.94. The minimum atomic E-state index is -0.303. The van der Waals surface area contributed by atoms with Crippen LogP contribution in [-0.4, -0.2) is 10.9 Å². The van der Waals surface area contributed by atoms with Gasteiger partial charge in [0.2, 0.25) is 0 Å². The number of hydrogen-bond acceptors (Lipinski definition) is 1. The van der Waals surface area contributed by atoms with Gasteiger partial charge in [0.05, 0.1) is 6.20 Å². The lowest BCUT2D eigenvalue weighted by Crippen LogP contribution is -1.88. The van der Waals surface area contributed by atoms with Crippen molar-refractivity contribution in [3.05, 3.63) is 29.8 Å². The van der Waals surface area contributed by atoms with Crippen LogP contribution in [0.1, 0.15) is 5.56 Å². The summed E-state index contributed by atoms with van der Waals surface area (Å²) in [6.07, 6.45) is 3.47. The molecule has 54 valence electrons. The number of alkyl halides is 1. The lowest BCUT2D eigenvalue weighted by atomic mass is 10.2. The molecule has 0 aromatic carbocycles. The average molecular weight is 160 g/mol. The molecule has 0 N–H and O–H groups in total. The maximum atomic E-state index is 12.4. The van der Waals surface area contributed by atoms with Crippen LogP contribution in [0.15, 0.2) is 18.5 Å². The first-order valence-corrected chi connectivity index (χ1v) is 3.52. The summed E-state index contributed by atoms with van der Waals surface area (Å²) in [5.41, 5.74) is 0.843. The van der Waals surface area contributed by atoms with E-state index in [-0.39, 0.29) is 5.82 Å². The van der Waals surface area contributed by atoms with E-state index in [1.54, 1.807) is 6.20 Å². The predicted molar refractivity (Wildman–Crippen MR) is 38.6 cm³/mol. The number of rotatable bonds is 2. The van der Waals surface area contributed by atoms with Gasteiger partial charge in [0.1, 0.15) is 5.82 Å². The topological polar surface area (TPSA) is 12.9 Å². The molecule has 0 aliphatic rings. The fraction of sp³-hybridized carbons (Fsp3) is 0.286. The third kappa shape index (κ3) is 1.95. The summed E-state index contributed by atoms with van der Waals surface area (Å²) in [5.74, 6) is 0.202. The van der Waals surface area contributed by atoms with E-state index in [1.165, 1.54) is 12.3 Å². The van der Waals surface area contributed by atoms with E-state index in [1.807, 2.05) is 0 Å². The Hall–Kier alpha value is -0.630. The fourth-order valence-electron chi connectivity index (χ4n) is 0.702. The zero-order valence-corrected chi connectivity index (χ0v) is 6.11. The van der Waals surface area contributed by atoms with E-state index in [2.05, 4.69) is 4.98 Å². The largest absolute Gasteiger partial charge is 0.261 e. The number of aryl methyl sites for hydroxylation is 1. The van der Waals surface area contributed by atoms with Crippen LogP contribution < -0.4 is 0 Å². The maximum Gasteiger partial charge on any atom is 0.141 e. The predicted octanol–water partition coefficient (Wildman–Crippen LogP) is 2.00. The third-order valence-corrected chi connectivity index (χ3v) is 1.33. The zero-order chi connectivity index (χ0) is 7.40. The smallest absolute Gasteiger partial charge is 0.141 e. The van der Waals surface area contributed by atoms with Gasteiger partial charge in [0.15, 0.2) is 0 Å². The highest BCUT2D eigenvalue weighted by Crippen LogP contribution is 2.01. The SMILES string of the molecule is Fc1cncc(CCCl)c1. The monoisotopic (exact) mass is 159 g/mol. The molecule has 3 heteroatoms. The van der Waals surface area contributed by atoms with Gasteiger partial charge in [-0.15, -0.1) is 11.6 Å². The van der Waals surface area contributed by atoms with Gasteiger partial charge < -0.3 is 0 Å². The first kappa shape index (κ1) is 7.48. The van der Waals surface area contributed by atoms with Gasteiger partial charge in [-0.1, -0.05) is 0 Å². The Kier molecular flexibility index (Phi) is 2.63. The Balaban J connectivity index is 2.75. The minimum Gasteiger partial charge on any atom is -0.261 e. The Bertz CT molecular complexity index is 215. The van der Waals surface area contributed by atoms with Crippen LogP contribution in [0.3, 0.4) is 0 Å². The average Bonchev–Trinajstić information content (AvgIpc) is 1.88. The molecule has 1 rings (SSSR count). The number of nitrogens with zero attached hydrogens (tertiary/aromatic N) is 1. The van der Waals surface area contributed by atoms with Crippen LogP contribution in [0.2, 0.25) is 0 Å². The third-order valence-electron chi connectivity index (χ3n) is 1.14. The van der Waals surface area contributed by atoms with Gasteiger partial charge in [-0.3, -0.25) is 4.98 Å². The first-order chi connectivity index (χ1) is 4.83. The van der Waals surface area contributed by atoms with Crippen molar-refractivity contribution in [2.75, 3.05) is 5.88 Å². The summed E-state index contributed by atoms with van der Waals surface area (Å²) in [6.45, 7) is 0. The molecule has 0 saturated heterocycles. The molecule has 0 amide bonds. The molecule has 1 aromatic rings. The first-order valence-electron chi connectivity index (χ1n) is 2.98. The summed E-state index contributed by atoms with van der Waals surface area (Å²) in [6, 6.07) is 1.44. The molecule has 1 nitrogen and oxygen atoms in total. The van der Waals surface area contributed by atoms with Gasteiger partial charge in [0, 0.05) is 12.1 Å². The summed E-state index contributed by atoms with van der Waals surface area (Å²) in [5, 5.41) is 0. The number of hydrogen-bond donors (Lipinski definition) is 0. The Morgan fingerprint density at radius 3 is 2.90 bits per heavy atom. The van der Waals surface area contributed by atoms with Crippen molar-refractivity contribution in [3.8, 4) is 0 Å². The normalized spacial score (nSPS) is 9.80. The molecule has 1 aromatic heterocycles.